The van der Waals surface area contributed by atoms with Crippen molar-refractivity contribution >= 4 is 39.1 Å². The lowest BCUT2D eigenvalue weighted by Gasteiger charge is -2.16. The maximum absolute atomic E-state index is 6.21. The maximum atomic E-state index is 6.21. The minimum absolute atomic E-state index is 0.206. The zero-order valence-electron chi connectivity index (χ0n) is 10.9. The number of benzene rings is 2. The van der Waals surface area contributed by atoms with Crippen molar-refractivity contribution in [1.29, 1.82) is 0 Å². The Morgan fingerprint density at radius 3 is 2.60 bits per heavy atom. The van der Waals surface area contributed by atoms with E-state index in [1.807, 2.05) is 48.5 Å². The second-order valence-electron chi connectivity index (χ2n) is 4.47. The molecular formula is C16H15BrCl2O. The van der Waals surface area contributed by atoms with Crippen molar-refractivity contribution in [1.82, 2.24) is 0 Å². The van der Waals surface area contributed by atoms with E-state index in [0.29, 0.717) is 12.5 Å². The lowest BCUT2D eigenvalue weighted by atomic mass is 9.98. The summed E-state index contributed by atoms with van der Waals surface area (Å²) in [5.74, 6) is 1.59. The Hall–Kier alpha value is -0.700. The van der Waals surface area contributed by atoms with Crippen LogP contribution >= 0.6 is 39.1 Å². The summed E-state index contributed by atoms with van der Waals surface area (Å²) in [5.41, 5.74) is 1.09. The summed E-state index contributed by atoms with van der Waals surface area (Å²) in [6.07, 6.45) is 0.833. The van der Waals surface area contributed by atoms with Crippen LogP contribution in [0.4, 0.5) is 0 Å². The highest BCUT2D eigenvalue weighted by Crippen LogP contribution is 2.28. The van der Waals surface area contributed by atoms with Gasteiger partial charge in [0.2, 0.25) is 0 Å². The summed E-state index contributed by atoms with van der Waals surface area (Å²) in [7, 11) is 0. The van der Waals surface area contributed by atoms with Gasteiger partial charge < -0.3 is 4.74 Å². The third kappa shape index (κ3) is 4.41. The third-order valence-corrected chi connectivity index (χ3v) is 4.27. The van der Waals surface area contributed by atoms with Gasteiger partial charge in [-0.3, -0.25) is 0 Å². The molecule has 2 aromatic rings. The van der Waals surface area contributed by atoms with E-state index in [1.54, 1.807) is 0 Å². The summed E-state index contributed by atoms with van der Waals surface area (Å²) < 4.78 is 6.76. The van der Waals surface area contributed by atoms with Crippen LogP contribution in [0.25, 0.3) is 0 Å². The van der Waals surface area contributed by atoms with Crippen molar-refractivity contribution in [2.24, 2.45) is 0 Å². The van der Waals surface area contributed by atoms with Crippen LogP contribution in [0.2, 0.25) is 5.02 Å². The van der Waals surface area contributed by atoms with Gasteiger partial charge in [-0.15, -0.1) is 11.6 Å². The summed E-state index contributed by atoms with van der Waals surface area (Å²) in [6, 6.07) is 15.6. The fraction of sp³-hybridized carbons (Fsp3) is 0.250. The van der Waals surface area contributed by atoms with Crippen molar-refractivity contribution in [3.63, 3.8) is 0 Å². The smallest absolute Gasteiger partial charge is 0.120 e. The average molecular weight is 374 g/mol. The number of hydrogen-bond donors (Lipinski definition) is 0. The molecule has 1 unspecified atom stereocenters. The molecule has 0 aliphatic rings. The summed E-state index contributed by atoms with van der Waals surface area (Å²) in [4.78, 5) is 0. The molecule has 0 heterocycles. The molecular weight excluding hydrogens is 359 g/mol. The van der Waals surface area contributed by atoms with Crippen molar-refractivity contribution in [3.8, 4) is 5.75 Å². The molecule has 2 aromatic carbocycles. The Morgan fingerprint density at radius 2 is 1.90 bits per heavy atom. The van der Waals surface area contributed by atoms with E-state index in [1.165, 1.54) is 0 Å². The molecule has 0 saturated heterocycles. The Morgan fingerprint density at radius 1 is 1.10 bits per heavy atom. The van der Waals surface area contributed by atoms with Gasteiger partial charge in [-0.05, 0) is 36.2 Å². The molecule has 0 N–H and O–H groups in total. The Labute approximate surface area is 138 Å². The second-order valence-corrected chi connectivity index (χ2v) is 6.10. The molecule has 0 spiro atoms. The van der Waals surface area contributed by atoms with E-state index in [4.69, 9.17) is 27.9 Å². The van der Waals surface area contributed by atoms with E-state index >= 15 is 0 Å². The number of alkyl halides is 1. The van der Waals surface area contributed by atoms with Crippen LogP contribution in [0.1, 0.15) is 17.9 Å². The lowest BCUT2D eigenvalue weighted by Crippen LogP contribution is -2.08. The first-order valence-corrected chi connectivity index (χ1v) is 8.10. The van der Waals surface area contributed by atoms with Gasteiger partial charge in [-0.1, -0.05) is 51.8 Å². The van der Waals surface area contributed by atoms with Crippen LogP contribution in [0.5, 0.6) is 5.75 Å². The minimum Gasteiger partial charge on any atom is -0.494 e. The highest BCUT2D eigenvalue weighted by molar-refractivity contribution is 9.10. The van der Waals surface area contributed by atoms with E-state index in [-0.39, 0.29) is 5.92 Å². The number of rotatable bonds is 6. The Kier molecular flexibility index (Phi) is 6.21. The summed E-state index contributed by atoms with van der Waals surface area (Å²) >= 11 is 15.7. The summed E-state index contributed by atoms with van der Waals surface area (Å²) in [5, 5.41) is 0.764. The minimum atomic E-state index is 0.206. The number of hydrogen-bond acceptors (Lipinski definition) is 1. The first-order valence-electron chi connectivity index (χ1n) is 6.39. The number of halogens is 3. The zero-order chi connectivity index (χ0) is 14.4. The van der Waals surface area contributed by atoms with E-state index in [2.05, 4.69) is 15.9 Å². The highest BCUT2D eigenvalue weighted by Gasteiger charge is 2.13. The second kappa shape index (κ2) is 7.92. The molecule has 0 aromatic heterocycles. The van der Waals surface area contributed by atoms with Gasteiger partial charge >= 0.3 is 0 Å². The first kappa shape index (κ1) is 15.7. The monoisotopic (exact) mass is 372 g/mol. The van der Waals surface area contributed by atoms with Gasteiger partial charge in [0, 0.05) is 21.3 Å². The quantitative estimate of drug-likeness (QED) is 0.573. The Bertz CT molecular complexity index is 560. The molecule has 0 saturated carbocycles. The van der Waals surface area contributed by atoms with Crippen molar-refractivity contribution in [3.05, 3.63) is 63.6 Å². The summed E-state index contributed by atoms with van der Waals surface area (Å²) in [6.45, 7) is 0.610. The molecule has 0 fully saturated rings. The van der Waals surface area contributed by atoms with Gasteiger partial charge in [-0.25, -0.2) is 0 Å². The molecule has 20 heavy (non-hydrogen) atoms. The molecule has 0 amide bonds. The molecule has 0 bridgehead atoms. The van der Waals surface area contributed by atoms with E-state index < -0.39 is 0 Å². The van der Waals surface area contributed by atoms with Crippen LogP contribution in [-0.2, 0) is 0 Å². The fourth-order valence-electron chi connectivity index (χ4n) is 2.00. The average Bonchev–Trinajstić information content (AvgIpc) is 2.45. The molecule has 4 heteroatoms. The van der Waals surface area contributed by atoms with Crippen molar-refractivity contribution in [2.45, 2.75) is 12.3 Å². The highest BCUT2D eigenvalue weighted by atomic mass is 79.9. The molecule has 0 aliphatic heterocycles. The van der Waals surface area contributed by atoms with Gasteiger partial charge in [0.15, 0.2) is 0 Å². The molecule has 1 nitrogen and oxygen atoms in total. The van der Waals surface area contributed by atoms with Crippen LogP contribution in [-0.4, -0.2) is 12.5 Å². The largest absolute Gasteiger partial charge is 0.494 e. The maximum Gasteiger partial charge on any atom is 0.120 e. The standard InChI is InChI=1S/C16H15BrCl2O/c17-13-4-3-5-14(10-13)20-9-8-12(11-18)15-6-1-2-7-16(15)19/h1-7,10,12H,8-9,11H2. The Balaban J connectivity index is 1.93. The lowest BCUT2D eigenvalue weighted by molar-refractivity contribution is 0.301. The van der Waals surface area contributed by atoms with Crippen molar-refractivity contribution < 1.29 is 4.74 Å². The normalized spacial score (nSPS) is 12.2. The van der Waals surface area contributed by atoms with Gasteiger partial charge in [0.05, 0.1) is 6.61 Å². The van der Waals surface area contributed by atoms with Gasteiger partial charge in [-0.2, -0.15) is 0 Å². The molecule has 2 rings (SSSR count). The predicted octanol–water partition coefficient (Wildman–Crippen LogP) is 5.89. The molecule has 0 aliphatic carbocycles. The van der Waals surface area contributed by atoms with Crippen LogP contribution < -0.4 is 4.74 Å². The molecule has 0 radical (unpaired) electrons. The first-order chi connectivity index (χ1) is 9.70. The van der Waals surface area contributed by atoms with Gasteiger partial charge in [0.1, 0.15) is 5.75 Å². The van der Waals surface area contributed by atoms with Crippen molar-refractivity contribution in [2.75, 3.05) is 12.5 Å². The van der Waals surface area contributed by atoms with Gasteiger partial charge in [0.25, 0.3) is 0 Å². The SMILES string of the molecule is ClCC(CCOc1cccc(Br)c1)c1ccccc1Cl. The fourth-order valence-corrected chi connectivity index (χ4v) is 2.99. The number of ether oxygens (including phenoxy) is 1. The topological polar surface area (TPSA) is 9.23 Å². The van der Waals surface area contributed by atoms with Crippen LogP contribution in [0.15, 0.2) is 53.0 Å². The van der Waals surface area contributed by atoms with Crippen LogP contribution in [0.3, 0.4) is 0 Å². The zero-order valence-corrected chi connectivity index (χ0v) is 14.0. The third-order valence-electron chi connectivity index (χ3n) is 3.06. The predicted molar refractivity (Wildman–Crippen MR) is 89.2 cm³/mol. The molecule has 1 atom stereocenters. The van der Waals surface area contributed by atoms with E-state index in [0.717, 1.165) is 27.2 Å². The molecule has 106 valence electrons. The van der Waals surface area contributed by atoms with E-state index in [9.17, 15) is 0 Å². The van der Waals surface area contributed by atoms with Crippen LogP contribution in [0, 0.1) is 0 Å².